The van der Waals surface area contributed by atoms with E-state index < -0.39 is 0 Å². The summed E-state index contributed by atoms with van der Waals surface area (Å²) < 4.78 is 1.80. The summed E-state index contributed by atoms with van der Waals surface area (Å²) in [5.74, 6) is 0.238. The number of anilines is 1. The number of benzene rings is 1. The van der Waals surface area contributed by atoms with Crippen LogP contribution in [0.3, 0.4) is 0 Å². The van der Waals surface area contributed by atoms with Crippen molar-refractivity contribution in [2.75, 3.05) is 18.4 Å². The van der Waals surface area contributed by atoms with Crippen LogP contribution in [0.5, 0.6) is 0 Å². The number of imidazole rings is 1. The Hall–Kier alpha value is -2.41. The normalized spacial score (nSPS) is 16.0. The van der Waals surface area contributed by atoms with E-state index in [1.165, 1.54) is 11.3 Å². The first-order chi connectivity index (χ1) is 11.7. The maximum absolute atomic E-state index is 12.0. The summed E-state index contributed by atoms with van der Waals surface area (Å²) >= 11 is 1.53. The Morgan fingerprint density at radius 3 is 2.88 bits per heavy atom. The molecule has 1 aliphatic rings. The van der Waals surface area contributed by atoms with Crippen LogP contribution in [0.4, 0.5) is 5.13 Å². The number of nitrogens with zero attached hydrogens (tertiary/aromatic N) is 4. The van der Waals surface area contributed by atoms with E-state index in [0.717, 1.165) is 34.3 Å². The predicted octanol–water partition coefficient (Wildman–Crippen LogP) is 2.87. The first-order valence-electron chi connectivity index (χ1n) is 8.11. The number of nitrogens with one attached hydrogen (secondary N) is 1. The number of carbonyl (C=O) groups excluding carboxylic acids is 1. The maximum atomic E-state index is 12.0. The van der Waals surface area contributed by atoms with Gasteiger partial charge in [-0.3, -0.25) is 4.79 Å². The number of fused-ring (bicyclic) bond motifs is 1. The van der Waals surface area contributed by atoms with Crippen LogP contribution in [-0.4, -0.2) is 38.5 Å². The van der Waals surface area contributed by atoms with Crippen molar-refractivity contribution in [2.45, 2.75) is 25.8 Å². The number of likely N-dealkylation sites (tertiary alicyclic amines) is 1. The van der Waals surface area contributed by atoms with E-state index in [2.05, 4.69) is 27.5 Å². The number of aromatic nitrogens is 3. The van der Waals surface area contributed by atoms with Gasteiger partial charge < -0.3 is 10.2 Å². The van der Waals surface area contributed by atoms with Gasteiger partial charge in [0.05, 0.1) is 17.9 Å². The van der Waals surface area contributed by atoms with E-state index in [9.17, 15) is 4.79 Å². The van der Waals surface area contributed by atoms with Gasteiger partial charge in [0.15, 0.2) is 0 Å². The molecule has 3 heterocycles. The fourth-order valence-electron chi connectivity index (χ4n) is 3.05. The molecule has 24 heavy (non-hydrogen) atoms. The van der Waals surface area contributed by atoms with Gasteiger partial charge in [-0.25, -0.2) is 9.50 Å². The highest BCUT2D eigenvalue weighted by atomic mass is 32.1. The van der Waals surface area contributed by atoms with Gasteiger partial charge in [0.1, 0.15) is 0 Å². The number of aryl methyl sites for hydroxylation is 1. The van der Waals surface area contributed by atoms with Crippen LogP contribution in [0.15, 0.2) is 36.5 Å². The van der Waals surface area contributed by atoms with Gasteiger partial charge >= 0.3 is 0 Å². The molecule has 1 N–H and O–H groups in total. The van der Waals surface area contributed by atoms with E-state index in [4.69, 9.17) is 0 Å². The quantitative estimate of drug-likeness (QED) is 0.775. The lowest BCUT2D eigenvalue weighted by molar-refractivity contribution is -0.127. The first-order valence-corrected chi connectivity index (χ1v) is 8.93. The van der Waals surface area contributed by atoms with Crippen molar-refractivity contribution in [1.82, 2.24) is 19.5 Å². The summed E-state index contributed by atoms with van der Waals surface area (Å²) in [5, 5.41) is 8.86. The van der Waals surface area contributed by atoms with Crippen molar-refractivity contribution >= 4 is 27.3 Å². The van der Waals surface area contributed by atoms with Gasteiger partial charge in [0.25, 0.3) is 0 Å². The molecule has 1 atom stereocenters. The highest BCUT2D eigenvalue weighted by molar-refractivity contribution is 7.20. The van der Waals surface area contributed by atoms with E-state index in [1.54, 1.807) is 4.52 Å². The molecule has 1 aliphatic heterocycles. The molecular weight excluding hydrogens is 322 g/mol. The van der Waals surface area contributed by atoms with Crippen LogP contribution in [0.1, 0.15) is 30.1 Å². The SMILES string of the molecule is Cc1cn2nc(N[C@H](CN3CCCC3=O)c3ccccc3)sc2n1. The molecule has 0 radical (unpaired) electrons. The van der Waals surface area contributed by atoms with Crippen molar-refractivity contribution in [3.8, 4) is 0 Å². The first kappa shape index (κ1) is 15.1. The molecule has 2 aromatic heterocycles. The van der Waals surface area contributed by atoms with Gasteiger partial charge in [0, 0.05) is 19.5 Å². The molecule has 1 saturated heterocycles. The Bertz CT molecular complexity index is 825. The average molecular weight is 341 g/mol. The summed E-state index contributed by atoms with van der Waals surface area (Å²) in [6.07, 6.45) is 3.52. The van der Waals surface area contributed by atoms with Crippen molar-refractivity contribution < 1.29 is 4.79 Å². The van der Waals surface area contributed by atoms with Crippen molar-refractivity contribution in [1.29, 1.82) is 0 Å². The molecule has 1 fully saturated rings. The largest absolute Gasteiger partial charge is 0.351 e. The Morgan fingerprint density at radius 2 is 2.17 bits per heavy atom. The molecule has 124 valence electrons. The third kappa shape index (κ3) is 2.99. The summed E-state index contributed by atoms with van der Waals surface area (Å²) in [7, 11) is 0. The maximum Gasteiger partial charge on any atom is 0.222 e. The minimum absolute atomic E-state index is 0.0187. The average Bonchev–Trinajstić information content (AvgIpc) is 3.23. The Balaban J connectivity index is 1.59. The molecule has 3 aromatic rings. The van der Waals surface area contributed by atoms with Crippen LogP contribution in [0, 0.1) is 6.92 Å². The van der Waals surface area contributed by atoms with Gasteiger partial charge in [-0.1, -0.05) is 41.7 Å². The Labute approximate surface area is 144 Å². The molecule has 0 bridgehead atoms. The second-order valence-electron chi connectivity index (χ2n) is 6.07. The zero-order valence-corrected chi connectivity index (χ0v) is 14.3. The van der Waals surface area contributed by atoms with E-state index in [-0.39, 0.29) is 11.9 Å². The van der Waals surface area contributed by atoms with E-state index in [1.807, 2.05) is 36.2 Å². The van der Waals surface area contributed by atoms with Crippen LogP contribution >= 0.6 is 11.3 Å². The van der Waals surface area contributed by atoms with Crippen molar-refractivity contribution in [2.24, 2.45) is 0 Å². The molecule has 1 amide bonds. The molecular formula is C17H19N5OS. The number of amides is 1. The minimum atomic E-state index is 0.0187. The fraction of sp³-hybridized carbons (Fsp3) is 0.353. The summed E-state index contributed by atoms with van der Waals surface area (Å²) in [4.78, 5) is 19.3. The van der Waals surface area contributed by atoms with Crippen molar-refractivity contribution in [3.05, 3.63) is 47.8 Å². The van der Waals surface area contributed by atoms with E-state index >= 15 is 0 Å². The predicted molar refractivity (Wildman–Crippen MR) is 94.2 cm³/mol. The van der Waals surface area contributed by atoms with Crippen LogP contribution in [-0.2, 0) is 4.79 Å². The second-order valence-corrected chi connectivity index (χ2v) is 7.02. The number of carbonyl (C=O) groups is 1. The summed E-state index contributed by atoms with van der Waals surface area (Å²) in [6, 6.07) is 10.2. The monoisotopic (exact) mass is 341 g/mol. The number of hydrogen-bond acceptors (Lipinski definition) is 5. The summed E-state index contributed by atoms with van der Waals surface area (Å²) in [5.41, 5.74) is 2.11. The van der Waals surface area contributed by atoms with Crippen LogP contribution < -0.4 is 5.32 Å². The molecule has 6 nitrogen and oxygen atoms in total. The smallest absolute Gasteiger partial charge is 0.222 e. The standard InChI is InChI=1S/C17H19N5OS/c1-12-10-22-17(18-12)24-16(20-22)19-14(13-6-3-2-4-7-13)11-21-9-5-8-15(21)23/h2-4,6-7,10,14H,5,8-9,11H2,1H3,(H,19,20)/t14-/m1/s1. The van der Waals surface area contributed by atoms with E-state index in [0.29, 0.717) is 13.0 Å². The van der Waals surface area contributed by atoms with Crippen LogP contribution in [0.25, 0.3) is 4.96 Å². The van der Waals surface area contributed by atoms with Gasteiger partial charge in [-0.2, -0.15) is 0 Å². The van der Waals surface area contributed by atoms with Gasteiger partial charge in [-0.05, 0) is 18.9 Å². The lowest BCUT2D eigenvalue weighted by Crippen LogP contribution is -2.32. The number of rotatable bonds is 5. The third-order valence-electron chi connectivity index (χ3n) is 4.24. The minimum Gasteiger partial charge on any atom is -0.351 e. The van der Waals surface area contributed by atoms with Crippen LogP contribution in [0.2, 0.25) is 0 Å². The molecule has 0 saturated carbocycles. The molecule has 0 unspecified atom stereocenters. The molecule has 0 spiro atoms. The molecule has 0 aliphatic carbocycles. The zero-order chi connectivity index (χ0) is 16.5. The summed E-state index contributed by atoms with van der Waals surface area (Å²) in [6.45, 7) is 3.45. The molecule has 7 heteroatoms. The Kier molecular flexibility index (Phi) is 3.93. The second kappa shape index (κ2) is 6.24. The highest BCUT2D eigenvalue weighted by Gasteiger charge is 2.25. The van der Waals surface area contributed by atoms with Crippen molar-refractivity contribution in [3.63, 3.8) is 0 Å². The molecule has 1 aromatic carbocycles. The number of hydrogen-bond donors (Lipinski definition) is 1. The topological polar surface area (TPSA) is 62.5 Å². The fourth-order valence-corrected chi connectivity index (χ4v) is 3.93. The zero-order valence-electron chi connectivity index (χ0n) is 13.5. The highest BCUT2D eigenvalue weighted by Crippen LogP contribution is 2.26. The Morgan fingerprint density at radius 1 is 1.33 bits per heavy atom. The third-order valence-corrected chi connectivity index (χ3v) is 5.09. The van der Waals surface area contributed by atoms with Gasteiger partial charge in [0.2, 0.25) is 16.0 Å². The lowest BCUT2D eigenvalue weighted by atomic mass is 10.1. The lowest BCUT2D eigenvalue weighted by Gasteiger charge is -2.24. The molecule has 4 rings (SSSR count). The van der Waals surface area contributed by atoms with Gasteiger partial charge in [-0.15, -0.1) is 5.10 Å².